The lowest BCUT2D eigenvalue weighted by Gasteiger charge is -2.19. The van der Waals surface area contributed by atoms with E-state index in [2.05, 4.69) is 38.2 Å². The molecular formula is C16H26N2O. The highest BCUT2D eigenvalue weighted by Crippen LogP contribution is 2.16. The van der Waals surface area contributed by atoms with Gasteiger partial charge in [0.15, 0.2) is 0 Å². The quantitative estimate of drug-likeness (QED) is 0.857. The van der Waals surface area contributed by atoms with Crippen LogP contribution in [0, 0.1) is 26.7 Å². The Balaban J connectivity index is 2.70. The van der Waals surface area contributed by atoms with Crippen molar-refractivity contribution in [3.05, 3.63) is 34.4 Å². The third kappa shape index (κ3) is 4.06. The van der Waals surface area contributed by atoms with Gasteiger partial charge in [-0.1, -0.05) is 38.0 Å². The molecule has 3 nitrogen and oxygen atoms in total. The predicted octanol–water partition coefficient (Wildman–Crippen LogP) is 2.60. The summed E-state index contributed by atoms with van der Waals surface area (Å²) in [5, 5.41) is 2.95. The summed E-state index contributed by atoms with van der Waals surface area (Å²) in [6.45, 7) is 10.9. The number of aryl methyl sites for hydroxylation is 3. The standard InChI is InChI=1S/C16H26N2O/c1-6-11(3)15(17)16(19)18-9-14-12(4)7-10(2)8-13(14)5/h7-8,11,15H,6,9,17H2,1-5H3,(H,18,19). The normalized spacial score (nSPS) is 14.0. The highest BCUT2D eigenvalue weighted by atomic mass is 16.2. The van der Waals surface area contributed by atoms with Gasteiger partial charge in [0.05, 0.1) is 6.04 Å². The van der Waals surface area contributed by atoms with Crippen LogP contribution in [0.15, 0.2) is 12.1 Å². The molecule has 1 amide bonds. The largest absolute Gasteiger partial charge is 0.351 e. The second-order valence-electron chi connectivity index (χ2n) is 5.51. The molecule has 19 heavy (non-hydrogen) atoms. The number of nitrogens with two attached hydrogens (primary N) is 1. The second kappa shape index (κ2) is 6.71. The average Bonchev–Trinajstić information content (AvgIpc) is 2.35. The Morgan fingerprint density at radius 3 is 2.26 bits per heavy atom. The Morgan fingerprint density at radius 2 is 1.79 bits per heavy atom. The van der Waals surface area contributed by atoms with Gasteiger partial charge < -0.3 is 11.1 Å². The average molecular weight is 262 g/mol. The number of carbonyl (C=O) groups excluding carboxylic acids is 1. The van der Waals surface area contributed by atoms with Gasteiger partial charge in [0, 0.05) is 6.54 Å². The molecule has 3 heteroatoms. The molecule has 1 rings (SSSR count). The van der Waals surface area contributed by atoms with Gasteiger partial charge >= 0.3 is 0 Å². The van der Waals surface area contributed by atoms with Gasteiger partial charge in [-0.25, -0.2) is 0 Å². The van der Waals surface area contributed by atoms with E-state index in [1.807, 2.05) is 13.8 Å². The summed E-state index contributed by atoms with van der Waals surface area (Å²) in [5.74, 6) is 0.147. The van der Waals surface area contributed by atoms with Gasteiger partial charge in [-0.3, -0.25) is 4.79 Å². The first kappa shape index (κ1) is 15.7. The van der Waals surface area contributed by atoms with Crippen LogP contribution in [-0.4, -0.2) is 11.9 Å². The smallest absolute Gasteiger partial charge is 0.237 e. The van der Waals surface area contributed by atoms with Crippen LogP contribution in [0.4, 0.5) is 0 Å². The first-order chi connectivity index (χ1) is 8.86. The molecule has 0 bridgehead atoms. The molecule has 2 unspecified atom stereocenters. The van der Waals surface area contributed by atoms with Crippen LogP contribution >= 0.6 is 0 Å². The summed E-state index contributed by atoms with van der Waals surface area (Å²) in [6.07, 6.45) is 0.914. The van der Waals surface area contributed by atoms with Crippen molar-refractivity contribution in [3.8, 4) is 0 Å². The van der Waals surface area contributed by atoms with E-state index in [4.69, 9.17) is 5.73 Å². The Morgan fingerprint density at radius 1 is 1.26 bits per heavy atom. The monoisotopic (exact) mass is 262 g/mol. The molecule has 0 radical (unpaired) electrons. The first-order valence-electron chi connectivity index (χ1n) is 6.96. The molecule has 1 aromatic rings. The molecule has 2 atom stereocenters. The van der Waals surface area contributed by atoms with E-state index in [0.717, 1.165) is 6.42 Å². The van der Waals surface area contributed by atoms with Gasteiger partial charge in [-0.05, 0) is 43.4 Å². The molecule has 0 heterocycles. The van der Waals surface area contributed by atoms with Crippen LogP contribution in [0.5, 0.6) is 0 Å². The summed E-state index contributed by atoms with van der Waals surface area (Å²) in [5.41, 5.74) is 10.8. The van der Waals surface area contributed by atoms with Gasteiger partial charge in [0.1, 0.15) is 0 Å². The molecule has 0 saturated carbocycles. The summed E-state index contributed by atoms with van der Waals surface area (Å²) in [7, 11) is 0. The lowest BCUT2D eigenvalue weighted by atomic mass is 9.98. The van der Waals surface area contributed by atoms with Crippen molar-refractivity contribution in [3.63, 3.8) is 0 Å². The van der Waals surface area contributed by atoms with Crippen LogP contribution in [0.1, 0.15) is 42.5 Å². The fourth-order valence-corrected chi connectivity index (χ4v) is 2.29. The molecule has 0 saturated heterocycles. The van der Waals surface area contributed by atoms with E-state index in [9.17, 15) is 4.79 Å². The maximum atomic E-state index is 12.0. The Bertz CT molecular complexity index is 431. The molecule has 3 N–H and O–H groups in total. The zero-order valence-electron chi connectivity index (χ0n) is 12.7. The molecule has 0 aliphatic rings. The number of rotatable bonds is 5. The number of carbonyl (C=O) groups is 1. The third-order valence-corrected chi connectivity index (χ3v) is 3.84. The molecule has 0 spiro atoms. The third-order valence-electron chi connectivity index (χ3n) is 3.84. The zero-order valence-corrected chi connectivity index (χ0v) is 12.7. The van der Waals surface area contributed by atoms with Crippen molar-refractivity contribution in [2.75, 3.05) is 0 Å². The van der Waals surface area contributed by atoms with Crippen molar-refractivity contribution < 1.29 is 4.79 Å². The summed E-state index contributed by atoms with van der Waals surface area (Å²) < 4.78 is 0. The van der Waals surface area contributed by atoms with Crippen molar-refractivity contribution in [1.82, 2.24) is 5.32 Å². The van der Waals surface area contributed by atoms with Gasteiger partial charge in [0.2, 0.25) is 5.91 Å². The van der Waals surface area contributed by atoms with Gasteiger partial charge in [-0.2, -0.15) is 0 Å². The van der Waals surface area contributed by atoms with Gasteiger partial charge in [-0.15, -0.1) is 0 Å². The van der Waals surface area contributed by atoms with Crippen molar-refractivity contribution >= 4 is 5.91 Å². The van der Waals surface area contributed by atoms with E-state index in [-0.39, 0.29) is 11.8 Å². The fraction of sp³-hybridized carbons (Fsp3) is 0.562. The minimum absolute atomic E-state index is 0.0614. The second-order valence-corrected chi connectivity index (χ2v) is 5.51. The lowest BCUT2D eigenvalue weighted by molar-refractivity contribution is -0.123. The maximum absolute atomic E-state index is 12.0. The van der Waals surface area contributed by atoms with E-state index in [1.54, 1.807) is 0 Å². The minimum Gasteiger partial charge on any atom is -0.351 e. The predicted molar refractivity (Wildman–Crippen MR) is 79.9 cm³/mol. The summed E-state index contributed by atoms with van der Waals surface area (Å²) in [6, 6.07) is 3.86. The molecule has 1 aromatic carbocycles. The highest BCUT2D eigenvalue weighted by Gasteiger charge is 2.19. The SMILES string of the molecule is CCC(C)C(N)C(=O)NCc1c(C)cc(C)cc1C. The van der Waals surface area contributed by atoms with Gasteiger partial charge in [0.25, 0.3) is 0 Å². The molecular weight excluding hydrogens is 236 g/mol. The van der Waals surface area contributed by atoms with Crippen LogP contribution in [0.25, 0.3) is 0 Å². The number of benzene rings is 1. The number of hydrogen-bond acceptors (Lipinski definition) is 2. The Kier molecular flexibility index (Phi) is 5.55. The Hall–Kier alpha value is -1.35. The molecule has 0 fully saturated rings. The molecule has 0 aliphatic heterocycles. The molecule has 0 aromatic heterocycles. The maximum Gasteiger partial charge on any atom is 0.237 e. The van der Waals surface area contributed by atoms with Crippen LogP contribution < -0.4 is 11.1 Å². The van der Waals surface area contributed by atoms with E-state index in [1.165, 1.54) is 22.3 Å². The molecule has 106 valence electrons. The van der Waals surface area contributed by atoms with Crippen molar-refractivity contribution in [1.29, 1.82) is 0 Å². The lowest BCUT2D eigenvalue weighted by Crippen LogP contribution is -2.44. The molecule has 0 aliphatic carbocycles. The summed E-state index contributed by atoms with van der Waals surface area (Å²) in [4.78, 5) is 12.0. The fourth-order valence-electron chi connectivity index (χ4n) is 2.29. The van der Waals surface area contributed by atoms with Crippen LogP contribution in [0.3, 0.4) is 0 Å². The van der Waals surface area contributed by atoms with E-state index >= 15 is 0 Å². The van der Waals surface area contributed by atoms with Crippen molar-refractivity contribution in [2.45, 2.75) is 53.6 Å². The van der Waals surface area contributed by atoms with E-state index in [0.29, 0.717) is 6.54 Å². The van der Waals surface area contributed by atoms with Crippen LogP contribution in [0.2, 0.25) is 0 Å². The topological polar surface area (TPSA) is 55.1 Å². The number of nitrogens with one attached hydrogen (secondary N) is 1. The highest BCUT2D eigenvalue weighted by molar-refractivity contribution is 5.81. The van der Waals surface area contributed by atoms with E-state index < -0.39 is 6.04 Å². The summed E-state index contributed by atoms with van der Waals surface area (Å²) >= 11 is 0. The minimum atomic E-state index is -0.420. The Labute approximate surface area is 116 Å². The number of amides is 1. The van der Waals surface area contributed by atoms with Crippen molar-refractivity contribution in [2.24, 2.45) is 11.7 Å². The first-order valence-corrected chi connectivity index (χ1v) is 6.96. The zero-order chi connectivity index (χ0) is 14.6. The van der Waals surface area contributed by atoms with Crippen LogP contribution in [-0.2, 0) is 11.3 Å². The number of hydrogen-bond donors (Lipinski definition) is 2.